The zero-order chi connectivity index (χ0) is 12.4. The Kier molecular flexibility index (Phi) is 3.12. The maximum absolute atomic E-state index is 11.9. The van der Waals surface area contributed by atoms with E-state index in [1.54, 1.807) is 28.0 Å². The van der Waals surface area contributed by atoms with Gasteiger partial charge in [-0.15, -0.1) is 0 Å². The average molecular weight is 237 g/mol. The Morgan fingerprint density at radius 3 is 2.76 bits per heavy atom. The highest BCUT2D eigenvalue weighted by Crippen LogP contribution is 2.23. The molecule has 2 heterocycles. The van der Waals surface area contributed by atoms with Gasteiger partial charge in [0.2, 0.25) is 5.91 Å². The minimum Gasteiger partial charge on any atom is -0.481 e. The van der Waals surface area contributed by atoms with Crippen molar-refractivity contribution in [1.29, 1.82) is 0 Å². The number of amides is 1. The smallest absolute Gasteiger partial charge is 0.308 e. The predicted octanol–water partition coefficient (Wildman–Crippen LogP) is 0.0622. The van der Waals surface area contributed by atoms with Crippen LogP contribution < -0.4 is 0 Å². The summed E-state index contributed by atoms with van der Waals surface area (Å²) in [6, 6.07) is 1.75. The summed E-state index contributed by atoms with van der Waals surface area (Å²) in [6.45, 7) is 2.85. The summed E-state index contributed by atoms with van der Waals surface area (Å²) in [5, 5.41) is 12.9. The monoisotopic (exact) mass is 237 g/mol. The fourth-order valence-electron chi connectivity index (χ4n) is 2.12. The number of aromatic nitrogens is 2. The van der Waals surface area contributed by atoms with Crippen LogP contribution in [-0.4, -0.2) is 44.8 Å². The molecule has 0 spiro atoms. The fraction of sp³-hybridized carbons (Fsp3) is 0.545. The molecule has 0 aromatic carbocycles. The predicted molar refractivity (Wildman–Crippen MR) is 59.1 cm³/mol. The van der Waals surface area contributed by atoms with Crippen LogP contribution in [-0.2, 0) is 16.1 Å². The normalized spacial score (nSPS) is 23.9. The molecule has 0 unspecified atom stereocenters. The van der Waals surface area contributed by atoms with Crippen LogP contribution in [0.5, 0.6) is 0 Å². The Bertz CT molecular complexity index is 416. The summed E-state index contributed by atoms with van der Waals surface area (Å²) in [5.74, 6) is -1.35. The third kappa shape index (κ3) is 2.46. The first-order chi connectivity index (χ1) is 8.08. The molecule has 2 rings (SSSR count). The first kappa shape index (κ1) is 11.6. The van der Waals surface area contributed by atoms with Gasteiger partial charge in [-0.1, -0.05) is 6.92 Å². The van der Waals surface area contributed by atoms with Gasteiger partial charge in [0.1, 0.15) is 6.54 Å². The number of nitrogens with zero attached hydrogens (tertiary/aromatic N) is 3. The largest absolute Gasteiger partial charge is 0.481 e. The van der Waals surface area contributed by atoms with Crippen molar-refractivity contribution in [3.63, 3.8) is 0 Å². The lowest BCUT2D eigenvalue weighted by atomic mass is 9.99. The highest BCUT2D eigenvalue weighted by molar-refractivity contribution is 5.78. The lowest BCUT2D eigenvalue weighted by Crippen LogP contribution is -2.32. The molecular formula is C11H15N3O3. The molecule has 0 aliphatic carbocycles. The van der Waals surface area contributed by atoms with Gasteiger partial charge in [0, 0.05) is 25.5 Å². The number of aliphatic carboxylic acids is 1. The van der Waals surface area contributed by atoms with E-state index in [4.69, 9.17) is 5.11 Å². The Labute approximate surface area is 98.8 Å². The number of carboxylic acids is 1. The maximum Gasteiger partial charge on any atom is 0.308 e. The van der Waals surface area contributed by atoms with Crippen molar-refractivity contribution in [3.8, 4) is 0 Å². The summed E-state index contributed by atoms with van der Waals surface area (Å²) in [4.78, 5) is 24.4. The molecule has 1 N–H and O–H groups in total. The first-order valence-corrected chi connectivity index (χ1v) is 5.56. The van der Waals surface area contributed by atoms with Crippen molar-refractivity contribution in [3.05, 3.63) is 18.5 Å². The molecule has 17 heavy (non-hydrogen) atoms. The Morgan fingerprint density at radius 2 is 2.24 bits per heavy atom. The van der Waals surface area contributed by atoms with Crippen molar-refractivity contribution in [2.45, 2.75) is 13.5 Å². The minimum absolute atomic E-state index is 0.00840. The van der Waals surface area contributed by atoms with E-state index in [1.165, 1.54) is 0 Å². The zero-order valence-electron chi connectivity index (χ0n) is 9.61. The molecule has 0 saturated carbocycles. The number of hydrogen-bond donors (Lipinski definition) is 1. The van der Waals surface area contributed by atoms with Gasteiger partial charge in [-0.05, 0) is 12.0 Å². The Morgan fingerprint density at radius 1 is 1.47 bits per heavy atom. The van der Waals surface area contributed by atoms with E-state index in [-0.39, 0.29) is 18.4 Å². The molecule has 1 aliphatic rings. The molecule has 2 atom stereocenters. The SMILES string of the molecule is C[C@@H]1CN(C(=O)Cn2cccn2)C[C@H]1C(=O)O. The van der Waals surface area contributed by atoms with Crippen molar-refractivity contribution in [1.82, 2.24) is 14.7 Å². The molecule has 1 aromatic heterocycles. The van der Waals surface area contributed by atoms with E-state index in [9.17, 15) is 9.59 Å². The van der Waals surface area contributed by atoms with Crippen LogP contribution >= 0.6 is 0 Å². The van der Waals surface area contributed by atoms with Crippen LogP contribution in [0.2, 0.25) is 0 Å². The quantitative estimate of drug-likeness (QED) is 0.806. The maximum atomic E-state index is 11.9. The topological polar surface area (TPSA) is 75.4 Å². The summed E-state index contributed by atoms with van der Waals surface area (Å²) >= 11 is 0. The Balaban J connectivity index is 1.96. The number of hydrogen-bond acceptors (Lipinski definition) is 3. The summed E-state index contributed by atoms with van der Waals surface area (Å²) in [5.41, 5.74) is 0. The number of likely N-dealkylation sites (tertiary alicyclic amines) is 1. The third-order valence-corrected chi connectivity index (χ3v) is 3.14. The summed E-state index contributed by atoms with van der Waals surface area (Å²) in [7, 11) is 0. The molecule has 0 bridgehead atoms. The van der Waals surface area contributed by atoms with E-state index in [0.29, 0.717) is 13.1 Å². The second kappa shape index (κ2) is 4.57. The van der Waals surface area contributed by atoms with Gasteiger partial charge in [0.05, 0.1) is 5.92 Å². The van der Waals surface area contributed by atoms with Crippen LogP contribution in [0.25, 0.3) is 0 Å². The van der Waals surface area contributed by atoms with Crippen LogP contribution in [0.1, 0.15) is 6.92 Å². The van der Waals surface area contributed by atoms with Gasteiger partial charge < -0.3 is 10.0 Å². The second-order valence-electron chi connectivity index (χ2n) is 4.42. The Hall–Kier alpha value is -1.85. The molecule has 92 valence electrons. The fourth-order valence-corrected chi connectivity index (χ4v) is 2.12. The van der Waals surface area contributed by atoms with Crippen molar-refractivity contribution in [2.75, 3.05) is 13.1 Å². The van der Waals surface area contributed by atoms with E-state index in [1.807, 2.05) is 6.92 Å². The van der Waals surface area contributed by atoms with E-state index >= 15 is 0 Å². The number of carbonyl (C=O) groups excluding carboxylic acids is 1. The van der Waals surface area contributed by atoms with Gasteiger partial charge in [0.25, 0.3) is 0 Å². The van der Waals surface area contributed by atoms with Crippen LogP contribution in [0.15, 0.2) is 18.5 Å². The highest BCUT2D eigenvalue weighted by atomic mass is 16.4. The lowest BCUT2D eigenvalue weighted by Gasteiger charge is -2.15. The van der Waals surface area contributed by atoms with Crippen molar-refractivity contribution >= 4 is 11.9 Å². The second-order valence-corrected chi connectivity index (χ2v) is 4.42. The van der Waals surface area contributed by atoms with Gasteiger partial charge >= 0.3 is 5.97 Å². The molecule has 1 saturated heterocycles. The van der Waals surface area contributed by atoms with E-state index in [0.717, 1.165) is 0 Å². The van der Waals surface area contributed by atoms with Crippen LogP contribution in [0, 0.1) is 11.8 Å². The van der Waals surface area contributed by atoms with Gasteiger partial charge in [0.15, 0.2) is 0 Å². The number of rotatable bonds is 3. The molecule has 1 amide bonds. The minimum atomic E-state index is -0.827. The lowest BCUT2D eigenvalue weighted by molar-refractivity contribution is -0.142. The van der Waals surface area contributed by atoms with Crippen LogP contribution in [0.3, 0.4) is 0 Å². The number of carbonyl (C=O) groups is 2. The van der Waals surface area contributed by atoms with Crippen molar-refractivity contribution in [2.24, 2.45) is 11.8 Å². The van der Waals surface area contributed by atoms with E-state index < -0.39 is 11.9 Å². The average Bonchev–Trinajstić information content (AvgIpc) is 2.86. The molecule has 0 radical (unpaired) electrons. The standard InChI is InChI=1S/C11H15N3O3/c1-8-5-13(6-9(8)11(16)17)10(15)7-14-4-2-3-12-14/h2-4,8-9H,5-7H2,1H3,(H,16,17)/t8-,9-/m1/s1. The summed E-state index contributed by atoms with van der Waals surface area (Å²) in [6.07, 6.45) is 3.33. The van der Waals surface area contributed by atoms with Crippen LogP contribution in [0.4, 0.5) is 0 Å². The molecular weight excluding hydrogens is 222 g/mol. The van der Waals surface area contributed by atoms with Gasteiger partial charge in [-0.2, -0.15) is 5.10 Å². The highest BCUT2D eigenvalue weighted by Gasteiger charge is 2.36. The zero-order valence-corrected chi connectivity index (χ0v) is 9.61. The van der Waals surface area contributed by atoms with Gasteiger partial charge in [-0.25, -0.2) is 0 Å². The molecule has 6 heteroatoms. The molecule has 1 aliphatic heterocycles. The number of carboxylic acid groups (broad SMARTS) is 1. The van der Waals surface area contributed by atoms with Gasteiger partial charge in [-0.3, -0.25) is 14.3 Å². The van der Waals surface area contributed by atoms with Crippen molar-refractivity contribution < 1.29 is 14.7 Å². The molecule has 1 fully saturated rings. The summed E-state index contributed by atoms with van der Waals surface area (Å²) < 4.78 is 1.54. The van der Waals surface area contributed by atoms with E-state index in [2.05, 4.69) is 5.10 Å². The molecule has 1 aromatic rings. The first-order valence-electron chi connectivity index (χ1n) is 5.56. The third-order valence-electron chi connectivity index (χ3n) is 3.14. The molecule has 6 nitrogen and oxygen atoms in total.